The van der Waals surface area contributed by atoms with Gasteiger partial charge in [-0.1, -0.05) is 26.3 Å². The number of fused-ring (bicyclic) bond motifs is 5. The molecule has 4 aliphatic rings. The molecular weight excluding hydrogens is 296 g/mol. The second-order valence-electron chi connectivity index (χ2n) is 9.84. The Balaban J connectivity index is 1.73. The molecule has 0 amide bonds. The summed E-state index contributed by atoms with van der Waals surface area (Å²) in [7, 11) is 0. The molecule has 0 bridgehead atoms. The molecule has 0 saturated heterocycles. The molecule has 0 aromatic carbocycles. The predicted molar refractivity (Wildman–Crippen MR) is 96.6 cm³/mol. The lowest BCUT2D eigenvalue weighted by Crippen LogP contribution is -2.54. The second-order valence-corrected chi connectivity index (χ2v) is 9.84. The van der Waals surface area contributed by atoms with Gasteiger partial charge in [0.2, 0.25) is 0 Å². The summed E-state index contributed by atoms with van der Waals surface area (Å²) in [6.45, 7) is 9.06. The maximum Gasteiger partial charge on any atom is 0.158 e. The zero-order valence-electron chi connectivity index (χ0n) is 16.0. The Bertz CT molecular complexity index is 601. The van der Waals surface area contributed by atoms with E-state index in [0.717, 1.165) is 50.4 Å². The van der Waals surface area contributed by atoms with Crippen molar-refractivity contribution in [2.24, 2.45) is 28.6 Å². The molecule has 134 valence electrons. The third-order valence-corrected chi connectivity index (χ3v) is 9.16. The maximum atomic E-state index is 12.4. The van der Waals surface area contributed by atoms with Gasteiger partial charge in [0.05, 0.1) is 5.60 Å². The van der Waals surface area contributed by atoms with Crippen molar-refractivity contribution in [3.63, 3.8) is 0 Å². The van der Waals surface area contributed by atoms with E-state index in [9.17, 15) is 9.90 Å². The van der Waals surface area contributed by atoms with E-state index in [1.54, 1.807) is 0 Å². The van der Waals surface area contributed by atoms with Crippen molar-refractivity contribution < 1.29 is 9.90 Å². The number of Topliss-reactive ketones (excluding diaryl/α,β-unsaturated/α-hetero) is 1. The molecule has 1 N–H and O–H groups in total. The second kappa shape index (κ2) is 5.19. The van der Waals surface area contributed by atoms with E-state index in [1.807, 2.05) is 0 Å². The van der Waals surface area contributed by atoms with Crippen LogP contribution in [0.5, 0.6) is 0 Å². The smallest absolute Gasteiger partial charge is 0.158 e. The van der Waals surface area contributed by atoms with Crippen LogP contribution in [-0.2, 0) is 4.79 Å². The van der Waals surface area contributed by atoms with Gasteiger partial charge in [0.1, 0.15) is 0 Å². The van der Waals surface area contributed by atoms with Crippen molar-refractivity contribution >= 4 is 5.78 Å². The van der Waals surface area contributed by atoms with Crippen LogP contribution in [0.4, 0.5) is 0 Å². The largest absolute Gasteiger partial charge is 0.390 e. The van der Waals surface area contributed by atoms with Crippen molar-refractivity contribution in [2.75, 3.05) is 0 Å². The summed E-state index contributed by atoms with van der Waals surface area (Å²) in [4.78, 5) is 12.4. The predicted octanol–water partition coefficient (Wildman–Crippen LogP) is 5.05. The average molecular weight is 331 g/mol. The van der Waals surface area contributed by atoms with E-state index in [0.29, 0.717) is 11.7 Å². The van der Waals surface area contributed by atoms with Gasteiger partial charge >= 0.3 is 0 Å². The van der Waals surface area contributed by atoms with Crippen LogP contribution < -0.4 is 0 Å². The average Bonchev–Trinajstić information content (AvgIpc) is 2.78. The highest BCUT2D eigenvalue weighted by molar-refractivity contribution is 5.97. The van der Waals surface area contributed by atoms with Crippen molar-refractivity contribution in [1.29, 1.82) is 0 Å². The minimum absolute atomic E-state index is 0.101. The molecule has 0 radical (unpaired) electrons. The summed E-state index contributed by atoms with van der Waals surface area (Å²) < 4.78 is 0. The lowest BCUT2D eigenvalue weighted by Gasteiger charge is -2.59. The van der Waals surface area contributed by atoms with Crippen LogP contribution in [0.25, 0.3) is 0 Å². The first-order valence-corrected chi connectivity index (χ1v) is 10.2. The summed E-state index contributed by atoms with van der Waals surface area (Å²) >= 11 is 0. The molecule has 3 fully saturated rings. The van der Waals surface area contributed by atoms with Gasteiger partial charge in [-0.3, -0.25) is 4.79 Å². The zero-order valence-corrected chi connectivity index (χ0v) is 16.0. The highest BCUT2D eigenvalue weighted by Crippen LogP contribution is 2.67. The molecule has 3 saturated carbocycles. The highest BCUT2D eigenvalue weighted by atomic mass is 16.3. The third-order valence-electron chi connectivity index (χ3n) is 9.16. The van der Waals surface area contributed by atoms with Gasteiger partial charge in [0, 0.05) is 6.42 Å². The first-order valence-electron chi connectivity index (χ1n) is 10.2. The fourth-order valence-electron chi connectivity index (χ4n) is 7.48. The molecule has 0 aromatic heterocycles. The monoisotopic (exact) mass is 330 g/mol. The Morgan fingerprint density at radius 3 is 2.42 bits per heavy atom. The Hall–Kier alpha value is -0.630. The lowest BCUT2D eigenvalue weighted by atomic mass is 9.46. The Morgan fingerprint density at radius 1 is 1.00 bits per heavy atom. The minimum atomic E-state index is -0.489. The van der Waals surface area contributed by atoms with Crippen molar-refractivity contribution in [3.05, 3.63) is 11.1 Å². The summed E-state index contributed by atoms with van der Waals surface area (Å²) in [6.07, 6.45) is 9.65. The van der Waals surface area contributed by atoms with E-state index in [2.05, 4.69) is 27.7 Å². The first kappa shape index (κ1) is 16.8. The Morgan fingerprint density at radius 2 is 1.71 bits per heavy atom. The molecule has 2 heteroatoms. The van der Waals surface area contributed by atoms with E-state index in [1.165, 1.54) is 30.4 Å². The van der Waals surface area contributed by atoms with Crippen LogP contribution in [0.3, 0.4) is 0 Å². The van der Waals surface area contributed by atoms with Gasteiger partial charge in [0.15, 0.2) is 5.78 Å². The number of ketones is 1. The molecule has 4 aliphatic carbocycles. The van der Waals surface area contributed by atoms with Crippen LogP contribution in [0, 0.1) is 28.6 Å². The number of carbonyl (C=O) groups excluding carboxylic acids is 1. The minimum Gasteiger partial charge on any atom is -0.390 e. The maximum absolute atomic E-state index is 12.4. The molecule has 2 nitrogen and oxygen atoms in total. The molecule has 0 unspecified atom stereocenters. The van der Waals surface area contributed by atoms with Crippen molar-refractivity contribution in [2.45, 2.75) is 91.1 Å². The van der Waals surface area contributed by atoms with E-state index in [4.69, 9.17) is 0 Å². The van der Waals surface area contributed by atoms with E-state index < -0.39 is 5.60 Å². The van der Waals surface area contributed by atoms with E-state index in [-0.39, 0.29) is 10.8 Å². The van der Waals surface area contributed by atoms with Crippen molar-refractivity contribution in [3.8, 4) is 0 Å². The molecule has 24 heavy (non-hydrogen) atoms. The first-order chi connectivity index (χ1) is 11.2. The summed E-state index contributed by atoms with van der Waals surface area (Å²) in [5.41, 5.74) is 2.56. The number of rotatable bonds is 1. The molecule has 4 rings (SSSR count). The normalized spacial score (nSPS) is 51.2. The summed E-state index contributed by atoms with van der Waals surface area (Å²) in [5, 5.41) is 11.0. The summed E-state index contributed by atoms with van der Waals surface area (Å²) in [5.74, 6) is 2.57. The van der Waals surface area contributed by atoms with E-state index >= 15 is 0 Å². The lowest BCUT2D eigenvalue weighted by molar-refractivity contribution is -0.125. The number of allylic oxidation sites excluding steroid dienone is 1. The van der Waals surface area contributed by atoms with Gasteiger partial charge in [-0.15, -0.1) is 0 Å². The quantitative estimate of drug-likeness (QED) is 0.730. The number of carbonyl (C=O) groups is 1. The van der Waals surface area contributed by atoms with Gasteiger partial charge in [-0.25, -0.2) is 0 Å². The molecular formula is C22H34O2. The molecule has 0 heterocycles. The van der Waals surface area contributed by atoms with Crippen molar-refractivity contribution in [1.82, 2.24) is 0 Å². The van der Waals surface area contributed by atoms with Crippen LogP contribution in [0.2, 0.25) is 0 Å². The van der Waals surface area contributed by atoms with Gasteiger partial charge < -0.3 is 5.11 Å². The fraction of sp³-hybridized carbons (Fsp3) is 0.864. The molecule has 0 spiro atoms. The summed E-state index contributed by atoms with van der Waals surface area (Å²) in [6, 6.07) is 0. The Kier molecular flexibility index (Phi) is 3.64. The van der Waals surface area contributed by atoms with Gasteiger partial charge in [-0.2, -0.15) is 0 Å². The SMILES string of the molecule is CCC1=C2CC[C@@H]3[C@H](CC[C@]4(C)[C@H]3CC[C@]4(C)O)[C@@]2(C)CCC1=O. The number of aliphatic hydroxyl groups is 1. The molecule has 0 aliphatic heterocycles. The molecule has 0 aromatic rings. The van der Waals surface area contributed by atoms with Crippen LogP contribution in [0.1, 0.15) is 85.5 Å². The third kappa shape index (κ3) is 1.95. The molecule has 6 atom stereocenters. The van der Waals surface area contributed by atoms with Crippen LogP contribution in [0.15, 0.2) is 11.1 Å². The highest BCUT2D eigenvalue weighted by Gasteiger charge is 2.62. The fourth-order valence-corrected chi connectivity index (χ4v) is 7.48. The standard InChI is InChI=1S/C22H34O2/c1-5-14-16-7-6-15-17(20(16,2)11-10-19(14)23)8-12-21(3)18(15)9-13-22(21,4)24/h15,17-18,24H,5-13H2,1-4H3/t15-,17+,18+,20+,21-,22+/m1/s1. The zero-order chi connectivity index (χ0) is 17.3. The van der Waals surface area contributed by atoms with Crippen LogP contribution >= 0.6 is 0 Å². The van der Waals surface area contributed by atoms with Crippen LogP contribution in [-0.4, -0.2) is 16.5 Å². The Labute approximate surface area is 147 Å². The van der Waals surface area contributed by atoms with Gasteiger partial charge in [0.25, 0.3) is 0 Å². The number of hydrogen-bond acceptors (Lipinski definition) is 2. The number of hydrogen-bond donors (Lipinski definition) is 1. The van der Waals surface area contributed by atoms with Gasteiger partial charge in [-0.05, 0) is 92.4 Å². The topological polar surface area (TPSA) is 37.3 Å².